The van der Waals surface area contributed by atoms with Crippen LogP contribution in [0.1, 0.15) is 33.4 Å². The first-order valence-electron chi connectivity index (χ1n) is 8.82. The van der Waals surface area contributed by atoms with E-state index in [1.807, 2.05) is 0 Å². The number of hydroxylamine groups is 1. The SMILES string of the molecule is Cc1ccc(C2=NC(c3ccc(C)cc3)(c3ccc(C)cc3)ON2)cc1. The smallest absolute Gasteiger partial charge is 0.238 e. The molecule has 0 fully saturated rings. The molecule has 0 aromatic heterocycles. The number of aryl methyl sites for hydroxylation is 3. The van der Waals surface area contributed by atoms with Crippen molar-refractivity contribution in [3.05, 3.63) is 106 Å². The molecule has 0 saturated carbocycles. The number of nitrogens with one attached hydrogen (secondary N) is 1. The molecule has 1 heterocycles. The summed E-state index contributed by atoms with van der Waals surface area (Å²) in [5.74, 6) is 0.742. The van der Waals surface area contributed by atoms with Gasteiger partial charge in [0.15, 0.2) is 5.84 Å². The molecule has 0 spiro atoms. The molecule has 0 unspecified atom stereocenters. The van der Waals surface area contributed by atoms with Crippen molar-refractivity contribution < 1.29 is 4.84 Å². The van der Waals surface area contributed by atoms with Crippen molar-refractivity contribution in [3.63, 3.8) is 0 Å². The van der Waals surface area contributed by atoms with E-state index in [1.165, 1.54) is 16.7 Å². The maximum atomic E-state index is 6.14. The number of rotatable bonds is 3. The number of nitrogens with zero attached hydrogens (tertiary/aromatic N) is 1. The lowest BCUT2D eigenvalue weighted by atomic mass is 9.93. The number of amidine groups is 1. The molecule has 0 aliphatic carbocycles. The van der Waals surface area contributed by atoms with Gasteiger partial charge in [0, 0.05) is 16.7 Å². The summed E-state index contributed by atoms with van der Waals surface area (Å²) < 4.78 is 0. The van der Waals surface area contributed by atoms with Crippen LogP contribution < -0.4 is 5.48 Å². The number of benzene rings is 3. The second kappa shape index (κ2) is 6.43. The van der Waals surface area contributed by atoms with Crippen LogP contribution in [0.15, 0.2) is 77.8 Å². The van der Waals surface area contributed by atoms with E-state index in [1.54, 1.807) is 0 Å². The lowest BCUT2D eigenvalue weighted by Gasteiger charge is -2.25. The Hall–Kier alpha value is -2.91. The third-order valence-electron chi connectivity index (χ3n) is 4.78. The van der Waals surface area contributed by atoms with Crippen molar-refractivity contribution in [2.75, 3.05) is 0 Å². The molecule has 0 saturated heterocycles. The van der Waals surface area contributed by atoms with Crippen LogP contribution in [0.5, 0.6) is 0 Å². The zero-order chi connectivity index (χ0) is 18.1. The van der Waals surface area contributed by atoms with E-state index >= 15 is 0 Å². The quantitative estimate of drug-likeness (QED) is 0.742. The lowest BCUT2D eigenvalue weighted by Crippen LogP contribution is -2.29. The third kappa shape index (κ3) is 2.91. The minimum Gasteiger partial charge on any atom is -0.245 e. The van der Waals surface area contributed by atoms with Crippen molar-refractivity contribution >= 4 is 5.84 Å². The van der Waals surface area contributed by atoms with Gasteiger partial charge in [-0.3, -0.25) is 0 Å². The van der Waals surface area contributed by atoms with Gasteiger partial charge < -0.3 is 0 Å². The van der Waals surface area contributed by atoms with Crippen LogP contribution >= 0.6 is 0 Å². The molecule has 0 radical (unpaired) electrons. The van der Waals surface area contributed by atoms with Crippen molar-refractivity contribution in [2.45, 2.75) is 26.5 Å². The molecule has 4 rings (SSSR count). The van der Waals surface area contributed by atoms with E-state index in [0.29, 0.717) is 0 Å². The molecule has 3 nitrogen and oxygen atoms in total. The first-order chi connectivity index (χ1) is 12.6. The zero-order valence-corrected chi connectivity index (χ0v) is 15.3. The molecule has 3 heteroatoms. The summed E-state index contributed by atoms with van der Waals surface area (Å²) in [6.45, 7) is 6.24. The predicted molar refractivity (Wildman–Crippen MR) is 105 cm³/mol. The van der Waals surface area contributed by atoms with Gasteiger partial charge >= 0.3 is 0 Å². The highest BCUT2D eigenvalue weighted by molar-refractivity contribution is 5.99. The van der Waals surface area contributed by atoms with Crippen LogP contribution in [0.3, 0.4) is 0 Å². The Morgan fingerprint density at radius 3 is 1.54 bits per heavy atom. The average Bonchev–Trinajstić information content (AvgIpc) is 3.10. The largest absolute Gasteiger partial charge is 0.245 e. The predicted octanol–water partition coefficient (Wildman–Crippen LogP) is 4.79. The highest BCUT2D eigenvalue weighted by Gasteiger charge is 2.41. The van der Waals surface area contributed by atoms with Gasteiger partial charge in [-0.15, -0.1) is 0 Å². The molecule has 1 aliphatic rings. The van der Waals surface area contributed by atoms with Gasteiger partial charge in [0.25, 0.3) is 0 Å². The number of hydrogen-bond acceptors (Lipinski definition) is 3. The molecule has 3 aromatic carbocycles. The number of hydrogen-bond donors (Lipinski definition) is 1. The van der Waals surface area contributed by atoms with Crippen molar-refractivity contribution in [3.8, 4) is 0 Å². The highest BCUT2D eigenvalue weighted by atomic mass is 16.7. The van der Waals surface area contributed by atoms with Gasteiger partial charge in [-0.2, -0.15) is 0 Å². The van der Waals surface area contributed by atoms with Gasteiger partial charge in [0.05, 0.1) is 0 Å². The van der Waals surface area contributed by atoms with E-state index in [9.17, 15) is 0 Å². The van der Waals surface area contributed by atoms with Crippen molar-refractivity contribution in [1.29, 1.82) is 0 Å². The normalized spacial score (nSPS) is 15.4. The lowest BCUT2D eigenvalue weighted by molar-refractivity contribution is -0.0286. The van der Waals surface area contributed by atoms with Gasteiger partial charge in [0.1, 0.15) is 0 Å². The van der Waals surface area contributed by atoms with Gasteiger partial charge in [0.2, 0.25) is 5.72 Å². The summed E-state index contributed by atoms with van der Waals surface area (Å²) >= 11 is 0. The Morgan fingerprint density at radius 2 is 1.08 bits per heavy atom. The van der Waals surface area contributed by atoms with E-state index in [0.717, 1.165) is 22.5 Å². The Kier molecular flexibility index (Phi) is 4.09. The molecule has 1 aliphatic heterocycles. The van der Waals surface area contributed by atoms with Crippen LogP contribution in [0.2, 0.25) is 0 Å². The molecular weight excluding hydrogens is 320 g/mol. The Balaban J connectivity index is 1.85. The summed E-state index contributed by atoms with van der Waals surface area (Å²) in [5, 5.41) is 0. The van der Waals surface area contributed by atoms with Crippen molar-refractivity contribution in [1.82, 2.24) is 5.48 Å². The fraction of sp³-hybridized carbons (Fsp3) is 0.174. The standard InChI is InChI=1S/C23H22N2O/c1-16-4-10-19(11-5-16)22-24-23(26-25-22,20-12-6-17(2)7-13-20)21-14-8-18(3)9-15-21/h4-15H,1-3H3,(H,24,25). The molecule has 3 aromatic rings. The first-order valence-corrected chi connectivity index (χ1v) is 8.82. The molecule has 1 N–H and O–H groups in total. The second-order valence-electron chi connectivity index (χ2n) is 6.91. The van der Waals surface area contributed by atoms with E-state index in [-0.39, 0.29) is 0 Å². The molecule has 0 bridgehead atoms. The van der Waals surface area contributed by atoms with Crippen LogP contribution in [-0.2, 0) is 10.6 Å². The zero-order valence-electron chi connectivity index (χ0n) is 15.3. The second-order valence-corrected chi connectivity index (χ2v) is 6.91. The summed E-state index contributed by atoms with van der Waals surface area (Å²) in [7, 11) is 0. The van der Waals surface area contributed by atoms with E-state index in [4.69, 9.17) is 9.83 Å². The molecule has 130 valence electrons. The van der Waals surface area contributed by atoms with E-state index in [2.05, 4.69) is 99.0 Å². The molecular formula is C23H22N2O. The van der Waals surface area contributed by atoms with Gasteiger partial charge in [-0.1, -0.05) is 89.5 Å². The number of aliphatic imine (C=N–C) groups is 1. The maximum Gasteiger partial charge on any atom is 0.238 e. The minimum atomic E-state index is -0.887. The molecule has 26 heavy (non-hydrogen) atoms. The summed E-state index contributed by atoms with van der Waals surface area (Å²) in [6, 6.07) is 25.0. The first kappa shape index (κ1) is 16.6. The minimum absolute atomic E-state index is 0.742. The van der Waals surface area contributed by atoms with Crippen molar-refractivity contribution in [2.24, 2.45) is 4.99 Å². The Bertz CT molecular complexity index is 894. The Morgan fingerprint density at radius 1 is 0.654 bits per heavy atom. The van der Waals surface area contributed by atoms with Crippen LogP contribution in [0.25, 0.3) is 0 Å². The Labute approximate surface area is 154 Å². The summed E-state index contributed by atoms with van der Waals surface area (Å²) in [5.41, 5.74) is 8.82. The fourth-order valence-electron chi connectivity index (χ4n) is 3.13. The van der Waals surface area contributed by atoms with Gasteiger partial charge in [-0.05, 0) is 20.8 Å². The van der Waals surface area contributed by atoms with Crippen LogP contribution in [-0.4, -0.2) is 5.84 Å². The van der Waals surface area contributed by atoms with Crippen LogP contribution in [0.4, 0.5) is 0 Å². The molecule has 0 atom stereocenters. The topological polar surface area (TPSA) is 33.6 Å². The fourth-order valence-corrected chi connectivity index (χ4v) is 3.13. The third-order valence-corrected chi connectivity index (χ3v) is 4.78. The monoisotopic (exact) mass is 342 g/mol. The van der Waals surface area contributed by atoms with Gasteiger partial charge in [-0.25, -0.2) is 15.3 Å². The average molecular weight is 342 g/mol. The molecule has 0 amide bonds. The summed E-state index contributed by atoms with van der Waals surface area (Å²) in [6.07, 6.45) is 0. The maximum absolute atomic E-state index is 6.14. The summed E-state index contributed by atoms with van der Waals surface area (Å²) in [4.78, 5) is 11.1. The van der Waals surface area contributed by atoms with E-state index < -0.39 is 5.72 Å². The van der Waals surface area contributed by atoms with Crippen LogP contribution in [0, 0.1) is 20.8 Å². The highest BCUT2D eigenvalue weighted by Crippen LogP contribution is 2.38.